The minimum absolute atomic E-state index is 0.827. The van der Waals surface area contributed by atoms with Crippen molar-refractivity contribution >= 4 is 23.8 Å². The molecule has 0 radical (unpaired) electrons. The average Bonchev–Trinajstić information content (AvgIpc) is 2.86. The Morgan fingerprint density at radius 1 is 0.531 bits per heavy atom. The van der Waals surface area contributed by atoms with Gasteiger partial charge in [0.25, 0.3) is 0 Å². The second-order valence-electron chi connectivity index (χ2n) is 8.71. The Hall–Kier alpha value is -2.70. The van der Waals surface area contributed by atoms with E-state index in [1.165, 1.54) is 22.5 Å². The lowest BCUT2D eigenvalue weighted by molar-refractivity contribution is -0.544. The standard InChI is InChI=1S/C26H34N4O2/c1-5-25(6-2-23(1)21-27-13-17-31-18-14-27)29-9-11-30(12-10-29)26-7-3-24(4-8-26)22-28-15-19-32-20-16-28/h1-8,21-22H,9-20H2/q+2. The number of hydrogen-bond donors (Lipinski definition) is 0. The van der Waals surface area contributed by atoms with E-state index in [1.54, 1.807) is 0 Å². The summed E-state index contributed by atoms with van der Waals surface area (Å²) in [5, 5.41) is 0. The van der Waals surface area contributed by atoms with E-state index in [0.29, 0.717) is 0 Å². The van der Waals surface area contributed by atoms with Crippen LogP contribution in [0, 0.1) is 0 Å². The molecule has 0 aromatic heterocycles. The van der Waals surface area contributed by atoms with Crippen LogP contribution >= 0.6 is 0 Å². The van der Waals surface area contributed by atoms with Crippen LogP contribution in [0.2, 0.25) is 0 Å². The van der Waals surface area contributed by atoms with Gasteiger partial charge in [-0.15, -0.1) is 0 Å². The molecule has 2 aromatic rings. The molecule has 3 heterocycles. The first-order valence-corrected chi connectivity index (χ1v) is 11.9. The molecular formula is C26H34N4O2+2. The van der Waals surface area contributed by atoms with Crippen molar-refractivity contribution in [1.29, 1.82) is 0 Å². The molecule has 0 amide bonds. The zero-order chi connectivity index (χ0) is 21.6. The number of benzene rings is 2. The van der Waals surface area contributed by atoms with E-state index >= 15 is 0 Å². The largest absolute Gasteiger partial charge is 0.368 e. The van der Waals surface area contributed by atoms with Gasteiger partial charge in [-0.3, -0.25) is 0 Å². The molecule has 32 heavy (non-hydrogen) atoms. The minimum atomic E-state index is 0.827. The van der Waals surface area contributed by atoms with Crippen LogP contribution in [0.25, 0.3) is 0 Å². The molecule has 3 fully saturated rings. The number of anilines is 2. The van der Waals surface area contributed by atoms with Crippen LogP contribution in [-0.4, -0.2) is 100 Å². The number of rotatable bonds is 4. The first kappa shape index (κ1) is 21.2. The third-order valence-electron chi connectivity index (χ3n) is 6.55. The van der Waals surface area contributed by atoms with Crippen LogP contribution in [-0.2, 0) is 9.47 Å². The monoisotopic (exact) mass is 434 g/mol. The normalized spacial score (nSPS) is 19.8. The Labute approximate surface area is 191 Å². The summed E-state index contributed by atoms with van der Waals surface area (Å²) in [7, 11) is 0. The van der Waals surface area contributed by atoms with Gasteiger partial charge in [0.1, 0.15) is 26.4 Å². The molecular weight excluding hydrogens is 400 g/mol. The molecule has 6 heteroatoms. The summed E-state index contributed by atoms with van der Waals surface area (Å²) in [6.45, 7) is 11.4. The predicted octanol–water partition coefficient (Wildman–Crippen LogP) is 1.94. The zero-order valence-electron chi connectivity index (χ0n) is 18.9. The van der Waals surface area contributed by atoms with Crippen molar-refractivity contribution in [2.24, 2.45) is 0 Å². The molecule has 168 valence electrons. The van der Waals surface area contributed by atoms with Crippen LogP contribution in [0.5, 0.6) is 0 Å². The van der Waals surface area contributed by atoms with E-state index in [9.17, 15) is 0 Å². The molecule has 0 unspecified atom stereocenters. The Bertz CT molecular complexity index is 849. The van der Waals surface area contributed by atoms with Gasteiger partial charge in [-0.1, -0.05) is 0 Å². The highest BCUT2D eigenvalue weighted by atomic mass is 16.5. The summed E-state index contributed by atoms with van der Waals surface area (Å²) < 4.78 is 15.6. The summed E-state index contributed by atoms with van der Waals surface area (Å²) in [6.07, 6.45) is 4.51. The average molecular weight is 435 g/mol. The van der Waals surface area contributed by atoms with E-state index in [1.807, 2.05) is 0 Å². The van der Waals surface area contributed by atoms with Gasteiger partial charge in [-0.25, -0.2) is 9.15 Å². The Balaban J connectivity index is 1.15. The number of piperazine rings is 1. The second kappa shape index (κ2) is 10.3. The summed E-state index contributed by atoms with van der Waals surface area (Å²) in [4.78, 5) is 4.99. The van der Waals surface area contributed by atoms with Gasteiger partial charge >= 0.3 is 0 Å². The fourth-order valence-electron chi connectivity index (χ4n) is 4.60. The van der Waals surface area contributed by atoms with Gasteiger partial charge in [0, 0.05) is 48.7 Å². The molecule has 2 aromatic carbocycles. The lowest BCUT2D eigenvalue weighted by atomic mass is 10.1. The van der Waals surface area contributed by atoms with Crippen molar-refractivity contribution in [3.8, 4) is 0 Å². The van der Waals surface area contributed by atoms with E-state index in [0.717, 1.165) is 78.8 Å². The molecule has 0 bridgehead atoms. The van der Waals surface area contributed by atoms with Crippen LogP contribution in [0.4, 0.5) is 11.4 Å². The lowest BCUT2D eigenvalue weighted by Crippen LogP contribution is -2.46. The van der Waals surface area contributed by atoms with Crippen molar-refractivity contribution in [2.45, 2.75) is 0 Å². The Morgan fingerprint density at radius 2 is 0.875 bits per heavy atom. The molecule has 0 N–H and O–H groups in total. The van der Waals surface area contributed by atoms with Gasteiger partial charge in [0.2, 0.25) is 0 Å². The number of ether oxygens (including phenoxy) is 2. The van der Waals surface area contributed by atoms with Crippen molar-refractivity contribution in [2.75, 3.05) is 88.6 Å². The zero-order valence-corrected chi connectivity index (χ0v) is 18.9. The molecule has 6 nitrogen and oxygen atoms in total. The lowest BCUT2D eigenvalue weighted by Gasteiger charge is -2.37. The van der Waals surface area contributed by atoms with Gasteiger partial charge in [-0.2, -0.15) is 0 Å². The van der Waals surface area contributed by atoms with E-state index in [2.05, 4.69) is 79.9 Å². The number of nitrogens with zero attached hydrogens (tertiary/aromatic N) is 4. The molecule has 0 saturated carbocycles. The molecule has 0 aliphatic carbocycles. The summed E-state index contributed by atoms with van der Waals surface area (Å²) in [6, 6.07) is 18.0. The quantitative estimate of drug-likeness (QED) is 0.689. The predicted molar refractivity (Wildman–Crippen MR) is 129 cm³/mol. The highest BCUT2D eigenvalue weighted by Gasteiger charge is 2.18. The molecule has 3 aliphatic rings. The molecule has 0 spiro atoms. The van der Waals surface area contributed by atoms with Gasteiger partial charge in [-0.05, 0) is 48.5 Å². The SMILES string of the molecule is C(c1ccc(N2CCN(c3ccc(C=[N+]4CCOCC4)cc3)CC2)cc1)=[N+]1CCOCC1. The third-order valence-corrected chi connectivity index (χ3v) is 6.55. The topological polar surface area (TPSA) is 31.0 Å². The van der Waals surface area contributed by atoms with Crippen LogP contribution in [0.3, 0.4) is 0 Å². The Morgan fingerprint density at radius 3 is 1.22 bits per heavy atom. The number of morpholine rings is 2. The number of hydrogen-bond acceptors (Lipinski definition) is 4. The summed E-state index contributed by atoms with van der Waals surface area (Å²) >= 11 is 0. The van der Waals surface area contributed by atoms with Crippen molar-refractivity contribution < 1.29 is 18.6 Å². The van der Waals surface area contributed by atoms with Crippen molar-refractivity contribution in [3.63, 3.8) is 0 Å². The summed E-state index contributed by atoms with van der Waals surface area (Å²) in [5.41, 5.74) is 5.17. The van der Waals surface area contributed by atoms with Gasteiger partial charge in [0.05, 0.1) is 0 Å². The molecule has 0 atom stereocenters. The van der Waals surface area contributed by atoms with E-state index < -0.39 is 0 Å². The van der Waals surface area contributed by atoms with Crippen LogP contribution < -0.4 is 9.80 Å². The molecule has 3 aliphatic heterocycles. The van der Waals surface area contributed by atoms with Crippen molar-refractivity contribution in [1.82, 2.24) is 0 Å². The van der Waals surface area contributed by atoms with Crippen molar-refractivity contribution in [3.05, 3.63) is 59.7 Å². The maximum Gasteiger partial charge on any atom is 0.170 e. The van der Waals surface area contributed by atoms with Crippen LogP contribution in [0.15, 0.2) is 48.5 Å². The Kier molecular flexibility index (Phi) is 6.80. The molecule has 5 rings (SSSR count). The van der Waals surface area contributed by atoms with E-state index in [-0.39, 0.29) is 0 Å². The summed E-state index contributed by atoms with van der Waals surface area (Å²) in [5.74, 6) is 0. The highest BCUT2D eigenvalue weighted by Crippen LogP contribution is 2.21. The molecule has 3 saturated heterocycles. The smallest absolute Gasteiger partial charge is 0.170 e. The van der Waals surface area contributed by atoms with E-state index in [4.69, 9.17) is 9.47 Å². The maximum atomic E-state index is 5.43. The first-order chi connectivity index (χ1) is 15.8. The highest BCUT2D eigenvalue weighted by molar-refractivity contribution is 5.77. The third kappa shape index (κ3) is 5.37. The first-order valence-electron chi connectivity index (χ1n) is 11.9. The van der Waals surface area contributed by atoms with Gasteiger partial charge < -0.3 is 19.3 Å². The maximum absolute atomic E-state index is 5.43. The fraction of sp³-hybridized carbons (Fsp3) is 0.462. The second-order valence-corrected chi connectivity index (χ2v) is 8.71. The van der Waals surface area contributed by atoms with Gasteiger partial charge in [0.15, 0.2) is 38.6 Å². The van der Waals surface area contributed by atoms with Crippen LogP contribution in [0.1, 0.15) is 11.1 Å². The fourth-order valence-corrected chi connectivity index (χ4v) is 4.60. The minimum Gasteiger partial charge on any atom is -0.368 e.